The van der Waals surface area contributed by atoms with E-state index in [2.05, 4.69) is 0 Å². The molecule has 1 aromatic carbocycles. The highest BCUT2D eigenvalue weighted by Crippen LogP contribution is 2.39. The zero-order valence-corrected chi connectivity index (χ0v) is 9.40. The van der Waals surface area contributed by atoms with Gasteiger partial charge in [-0.05, 0) is 18.6 Å². The maximum absolute atomic E-state index is 13.4. The molecule has 1 aliphatic rings. The summed E-state index contributed by atoms with van der Waals surface area (Å²) in [5, 5.41) is 8.80. The van der Waals surface area contributed by atoms with Crippen molar-refractivity contribution >= 4 is 23.2 Å². The van der Waals surface area contributed by atoms with E-state index in [1.54, 1.807) is 6.92 Å². The van der Waals surface area contributed by atoms with Gasteiger partial charge in [-0.1, -0.05) is 0 Å². The van der Waals surface area contributed by atoms with Gasteiger partial charge in [0.2, 0.25) is 0 Å². The van der Waals surface area contributed by atoms with Crippen LogP contribution in [0.2, 0.25) is 0 Å². The van der Waals surface area contributed by atoms with Gasteiger partial charge in [-0.25, -0.2) is 4.39 Å². The van der Waals surface area contributed by atoms with Crippen LogP contribution in [0, 0.1) is 30.0 Å². The predicted molar refractivity (Wildman–Crippen MR) is 59.7 cm³/mol. The van der Waals surface area contributed by atoms with Crippen molar-refractivity contribution in [2.24, 2.45) is 5.92 Å². The van der Waals surface area contributed by atoms with Gasteiger partial charge in [0.1, 0.15) is 11.7 Å². The fraction of sp³-hybridized carbons (Fsp3) is 0.273. The number of carbonyl (C=O) groups excluding carboxylic acids is 1. The lowest BCUT2D eigenvalue weighted by atomic mass is 9.96. The zero-order valence-electron chi connectivity index (χ0n) is 8.58. The van der Waals surface area contributed by atoms with E-state index >= 15 is 0 Å². The second-order valence-corrected chi connectivity index (χ2v) is 4.66. The van der Waals surface area contributed by atoms with Crippen LogP contribution in [0.15, 0.2) is 11.0 Å². The van der Waals surface area contributed by atoms with Crippen LogP contribution >= 0.6 is 11.8 Å². The van der Waals surface area contributed by atoms with Gasteiger partial charge in [0.25, 0.3) is 0 Å². The fourth-order valence-electron chi connectivity index (χ4n) is 1.69. The Bertz CT molecular complexity index is 522. The van der Waals surface area contributed by atoms with Gasteiger partial charge in [0.05, 0.1) is 11.6 Å². The first-order valence-corrected chi connectivity index (χ1v) is 5.70. The Labute approximate surface area is 96.4 Å². The molecule has 1 aromatic rings. The van der Waals surface area contributed by atoms with E-state index < -0.39 is 11.7 Å². The molecule has 0 aliphatic carbocycles. The Balaban J connectivity index is 2.66. The summed E-state index contributed by atoms with van der Waals surface area (Å²) >= 11 is 1.32. The largest absolute Gasteiger partial charge is 0.398 e. The Kier molecular flexibility index (Phi) is 2.60. The SMILES string of the molecule is Cc1c(F)cc(N)c2c1SCC(C#N)C2=O. The van der Waals surface area contributed by atoms with Crippen LogP contribution in [-0.4, -0.2) is 11.5 Å². The molecule has 0 radical (unpaired) electrons. The highest BCUT2D eigenvalue weighted by molar-refractivity contribution is 7.99. The van der Waals surface area contributed by atoms with Crippen LogP contribution in [0.5, 0.6) is 0 Å². The van der Waals surface area contributed by atoms with Crippen molar-refractivity contribution in [1.82, 2.24) is 0 Å². The Morgan fingerprint density at radius 3 is 3.00 bits per heavy atom. The number of benzene rings is 1. The topological polar surface area (TPSA) is 66.9 Å². The Morgan fingerprint density at radius 2 is 2.38 bits per heavy atom. The summed E-state index contributed by atoms with van der Waals surface area (Å²) in [6, 6.07) is 3.08. The number of nitrogens with two attached hydrogens (primary N) is 1. The number of hydrogen-bond donors (Lipinski definition) is 1. The van der Waals surface area contributed by atoms with Crippen molar-refractivity contribution in [3.8, 4) is 6.07 Å². The van der Waals surface area contributed by atoms with Crippen LogP contribution < -0.4 is 5.73 Å². The van der Waals surface area contributed by atoms with Gasteiger partial charge in [-0.3, -0.25) is 4.79 Å². The molecule has 1 unspecified atom stereocenters. The third-order valence-electron chi connectivity index (χ3n) is 2.61. The fourth-order valence-corrected chi connectivity index (χ4v) is 2.93. The third kappa shape index (κ3) is 1.46. The number of ketones is 1. The van der Waals surface area contributed by atoms with Crippen molar-refractivity contribution < 1.29 is 9.18 Å². The number of nitrogens with zero attached hydrogens (tertiary/aromatic N) is 1. The van der Waals surface area contributed by atoms with Crippen molar-refractivity contribution in [2.75, 3.05) is 11.5 Å². The molecule has 0 aromatic heterocycles. The third-order valence-corrected chi connectivity index (χ3v) is 3.91. The maximum Gasteiger partial charge on any atom is 0.184 e. The predicted octanol–water partition coefficient (Wildman–Crippen LogP) is 2.14. The molecule has 0 amide bonds. The first-order chi connectivity index (χ1) is 7.56. The number of carbonyl (C=O) groups is 1. The average Bonchev–Trinajstić information content (AvgIpc) is 2.25. The molecule has 0 spiro atoms. The van der Waals surface area contributed by atoms with Crippen molar-refractivity contribution in [3.05, 3.63) is 23.0 Å². The summed E-state index contributed by atoms with van der Waals surface area (Å²) in [5.74, 6) is -1.01. The van der Waals surface area contributed by atoms with Gasteiger partial charge in [0, 0.05) is 16.3 Å². The Morgan fingerprint density at radius 1 is 1.69 bits per heavy atom. The van der Waals surface area contributed by atoms with E-state index in [1.807, 2.05) is 6.07 Å². The molecule has 0 fully saturated rings. The lowest BCUT2D eigenvalue weighted by Gasteiger charge is -2.21. The minimum atomic E-state index is -0.676. The van der Waals surface area contributed by atoms with Gasteiger partial charge >= 0.3 is 0 Å². The smallest absolute Gasteiger partial charge is 0.184 e. The molecule has 1 aliphatic heterocycles. The molecule has 3 nitrogen and oxygen atoms in total. The van der Waals surface area contributed by atoms with E-state index in [-0.39, 0.29) is 11.5 Å². The van der Waals surface area contributed by atoms with E-state index in [0.29, 0.717) is 21.8 Å². The monoisotopic (exact) mass is 236 g/mol. The Hall–Kier alpha value is -1.54. The van der Waals surface area contributed by atoms with Crippen LogP contribution in [0.1, 0.15) is 15.9 Å². The quantitative estimate of drug-likeness (QED) is 0.701. The van der Waals surface area contributed by atoms with Gasteiger partial charge in [-0.15, -0.1) is 11.8 Å². The van der Waals surface area contributed by atoms with E-state index in [4.69, 9.17) is 11.0 Å². The van der Waals surface area contributed by atoms with Crippen LogP contribution in [-0.2, 0) is 0 Å². The standard InChI is InChI=1S/C11H9FN2OS/c1-5-7(12)2-8(14)9-10(15)6(3-13)4-16-11(5)9/h2,6H,4,14H2,1H3. The molecule has 0 saturated heterocycles. The normalized spacial score (nSPS) is 19.1. The summed E-state index contributed by atoms with van der Waals surface area (Å²) in [6.45, 7) is 1.61. The lowest BCUT2D eigenvalue weighted by Crippen LogP contribution is -2.23. The minimum absolute atomic E-state index is 0.121. The molecule has 2 N–H and O–H groups in total. The molecular weight excluding hydrogens is 227 g/mol. The van der Waals surface area contributed by atoms with Gasteiger partial charge < -0.3 is 5.73 Å². The molecule has 1 atom stereocenters. The first-order valence-electron chi connectivity index (χ1n) is 4.71. The summed E-state index contributed by atoms with van der Waals surface area (Å²) in [7, 11) is 0. The zero-order chi connectivity index (χ0) is 11.9. The second kappa shape index (κ2) is 3.80. The number of halogens is 1. The number of fused-ring (bicyclic) bond motifs is 1. The number of hydrogen-bond acceptors (Lipinski definition) is 4. The van der Waals surface area contributed by atoms with E-state index in [1.165, 1.54) is 11.8 Å². The first kappa shape index (κ1) is 11.0. The molecular formula is C11H9FN2OS. The molecule has 0 saturated carbocycles. The van der Waals surface area contributed by atoms with E-state index in [9.17, 15) is 9.18 Å². The molecule has 0 bridgehead atoms. The van der Waals surface area contributed by atoms with Gasteiger partial charge in [-0.2, -0.15) is 5.26 Å². The molecule has 16 heavy (non-hydrogen) atoms. The highest BCUT2D eigenvalue weighted by atomic mass is 32.2. The second-order valence-electron chi connectivity index (χ2n) is 3.63. The van der Waals surface area contributed by atoms with E-state index in [0.717, 1.165) is 6.07 Å². The van der Waals surface area contributed by atoms with Crippen LogP contribution in [0.4, 0.5) is 10.1 Å². The number of rotatable bonds is 0. The molecule has 2 rings (SSSR count). The molecule has 5 heteroatoms. The summed E-state index contributed by atoms with van der Waals surface area (Å²) in [5.41, 5.74) is 6.49. The minimum Gasteiger partial charge on any atom is -0.398 e. The summed E-state index contributed by atoms with van der Waals surface area (Å²) in [4.78, 5) is 12.5. The van der Waals surface area contributed by atoms with Crippen molar-refractivity contribution in [2.45, 2.75) is 11.8 Å². The number of nitrogen functional groups attached to an aromatic ring is 1. The van der Waals surface area contributed by atoms with Crippen molar-refractivity contribution in [1.29, 1.82) is 5.26 Å². The van der Waals surface area contributed by atoms with Gasteiger partial charge in [0.15, 0.2) is 5.78 Å². The highest BCUT2D eigenvalue weighted by Gasteiger charge is 2.31. The number of nitriles is 1. The average molecular weight is 236 g/mol. The van der Waals surface area contributed by atoms with Crippen molar-refractivity contribution in [3.63, 3.8) is 0 Å². The lowest BCUT2D eigenvalue weighted by molar-refractivity contribution is 0.0954. The molecule has 82 valence electrons. The number of anilines is 1. The number of Topliss-reactive ketones (excluding diaryl/α,β-unsaturated/α-hetero) is 1. The van der Waals surface area contributed by atoms with Crippen LogP contribution in [0.25, 0.3) is 0 Å². The summed E-state index contributed by atoms with van der Waals surface area (Å²) in [6.07, 6.45) is 0. The summed E-state index contributed by atoms with van der Waals surface area (Å²) < 4.78 is 13.4. The van der Waals surface area contributed by atoms with Crippen LogP contribution in [0.3, 0.4) is 0 Å². The maximum atomic E-state index is 13.4. The molecule has 1 heterocycles. The number of thioether (sulfide) groups is 1.